The van der Waals surface area contributed by atoms with Gasteiger partial charge in [-0.2, -0.15) is 0 Å². The van der Waals surface area contributed by atoms with Gasteiger partial charge in [-0.1, -0.05) is 6.92 Å². The van der Waals surface area contributed by atoms with Crippen molar-refractivity contribution >= 4 is 5.91 Å². The van der Waals surface area contributed by atoms with E-state index < -0.39 is 0 Å². The number of aromatic nitrogens is 1. The van der Waals surface area contributed by atoms with Crippen LogP contribution in [0, 0.1) is 0 Å². The topological polar surface area (TPSA) is 70.4 Å². The Hall–Kier alpha value is -1.40. The molecule has 0 atom stereocenters. The molecule has 2 rings (SSSR count). The van der Waals surface area contributed by atoms with Gasteiger partial charge in [0.1, 0.15) is 5.76 Å². The van der Waals surface area contributed by atoms with Crippen LogP contribution in [-0.4, -0.2) is 48.5 Å². The zero-order valence-corrected chi connectivity index (χ0v) is 10.7. The first-order valence-electron chi connectivity index (χ1n) is 6.41. The van der Waals surface area contributed by atoms with E-state index in [4.69, 9.17) is 4.42 Å². The minimum Gasteiger partial charge on any atom is -0.444 e. The lowest BCUT2D eigenvalue weighted by Crippen LogP contribution is -2.47. The molecule has 1 saturated heterocycles. The number of nitrogens with zero attached hydrogens (tertiary/aromatic N) is 2. The Balaban J connectivity index is 1.70. The van der Waals surface area contributed by atoms with Gasteiger partial charge in [0, 0.05) is 32.6 Å². The summed E-state index contributed by atoms with van der Waals surface area (Å²) < 4.78 is 5.42. The van der Waals surface area contributed by atoms with E-state index in [9.17, 15) is 4.79 Å². The molecule has 1 aromatic rings. The third-order valence-electron chi connectivity index (χ3n) is 2.96. The SMILES string of the molecule is CCc1cnc(CNC(=O)CN2CCNCC2)o1. The molecule has 0 aromatic carbocycles. The molecule has 1 aromatic heterocycles. The van der Waals surface area contributed by atoms with Gasteiger partial charge in [0.05, 0.1) is 19.3 Å². The maximum atomic E-state index is 11.7. The molecule has 6 heteroatoms. The highest BCUT2D eigenvalue weighted by molar-refractivity contribution is 5.77. The molecule has 0 bridgehead atoms. The molecule has 0 aliphatic carbocycles. The minimum atomic E-state index is 0.0214. The van der Waals surface area contributed by atoms with Crippen molar-refractivity contribution in [2.24, 2.45) is 0 Å². The predicted molar refractivity (Wildman–Crippen MR) is 67.0 cm³/mol. The van der Waals surface area contributed by atoms with Crippen molar-refractivity contribution in [1.29, 1.82) is 0 Å². The quantitative estimate of drug-likeness (QED) is 0.757. The number of piperazine rings is 1. The van der Waals surface area contributed by atoms with Gasteiger partial charge in [0.2, 0.25) is 11.8 Å². The number of nitrogens with one attached hydrogen (secondary N) is 2. The summed E-state index contributed by atoms with van der Waals surface area (Å²) in [5.41, 5.74) is 0. The summed E-state index contributed by atoms with van der Waals surface area (Å²) in [5, 5.41) is 6.08. The van der Waals surface area contributed by atoms with Gasteiger partial charge in [-0.05, 0) is 0 Å². The molecule has 0 radical (unpaired) electrons. The van der Waals surface area contributed by atoms with Crippen molar-refractivity contribution < 1.29 is 9.21 Å². The van der Waals surface area contributed by atoms with Crippen LogP contribution in [0.4, 0.5) is 0 Å². The smallest absolute Gasteiger partial charge is 0.234 e. The van der Waals surface area contributed by atoms with E-state index in [2.05, 4.69) is 20.5 Å². The zero-order valence-electron chi connectivity index (χ0n) is 10.7. The van der Waals surface area contributed by atoms with Crippen molar-refractivity contribution in [3.8, 4) is 0 Å². The third-order valence-corrected chi connectivity index (χ3v) is 2.96. The second-order valence-corrected chi connectivity index (χ2v) is 4.38. The molecule has 100 valence electrons. The Morgan fingerprint density at radius 3 is 3.00 bits per heavy atom. The fourth-order valence-corrected chi connectivity index (χ4v) is 1.90. The highest BCUT2D eigenvalue weighted by Gasteiger charge is 2.13. The Labute approximate surface area is 107 Å². The van der Waals surface area contributed by atoms with E-state index >= 15 is 0 Å². The number of rotatable bonds is 5. The molecule has 2 N–H and O–H groups in total. The Morgan fingerprint density at radius 2 is 2.33 bits per heavy atom. The predicted octanol–water partition coefficient (Wildman–Crippen LogP) is -0.242. The Morgan fingerprint density at radius 1 is 1.56 bits per heavy atom. The van der Waals surface area contributed by atoms with Crippen molar-refractivity contribution in [3.63, 3.8) is 0 Å². The summed E-state index contributed by atoms with van der Waals surface area (Å²) in [6.45, 7) is 6.57. The molecular formula is C12H20N4O2. The van der Waals surface area contributed by atoms with Crippen molar-refractivity contribution in [1.82, 2.24) is 20.5 Å². The van der Waals surface area contributed by atoms with Crippen LogP contribution in [0.15, 0.2) is 10.6 Å². The number of carbonyl (C=O) groups is 1. The molecule has 1 aliphatic rings. The molecule has 1 aliphatic heterocycles. The Kier molecular flexibility index (Phi) is 4.72. The molecule has 1 fully saturated rings. The molecule has 2 heterocycles. The average Bonchev–Trinajstić information content (AvgIpc) is 2.85. The average molecular weight is 252 g/mol. The van der Waals surface area contributed by atoms with Gasteiger partial charge >= 0.3 is 0 Å². The number of amides is 1. The zero-order chi connectivity index (χ0) is 12.8. The van der Waals surface area contributed by atoms with Crippen molar-refractivity contribution in [2.75, 3.05) is 32.7 Å². The minimum absolute atomic E-state index is 0.0214. The van der Waals surface area contributed by atoms with Crippen LogP contribution < -0.4 is 10.6 Å². The summed E-state index contributed by atoms with van der Waals surface area (Å²) in [5.74, 6) is 1.44. The standard InChI is InChI=1S/C12H20N4O2/c1-2-10-7-15-12(18-10)8-14-11(17)9-16-5-3-13-4-6-16/h7,13H,2-6,8-9H2,1H3,(H,14,17). The van der Waals surface area contributed by atoms with Crippen LogP contribution in [0.5, 0.6) is 0 Å². The fraction of sp³-hybridized carbons (Fsp3) is 0.667. The number of hydrogen-bond donors (Lipinski definition) is 2. The molecule has 0 saturated carbocycles. The summed E-state index contributed by atoms with van der Waals surface area (Å²) in [6, 6.07) is 0. The van der Waals surface area contributed by atoms with Gasteiger partial charge in [-0.25, -0.2) is 4.98 Å². The lowest BCUT2D eigenvalue weighted by atomic mass is 10.3. The second kappa shape index (κ2) is 6.51. The fourth-order valence-electron chi connectivity index (χ4n) is 1.90. The normalized spacial score (nSPS) is 16.7. The van der Waals surface area contributed by atoms with Crippen LogP contribution in [0.3, 0.4) is 0 Å². The first kappa shape index (κ1) is 13.0. The molecular weight excluding hydrogens is 232 g/mol. The largest absolute Gasteiger partial charge is 0.444 e. The van der Waals surface area contributed by atoms with E-state index in [-0.39, 0.29) is 5.91 Å². The van der Waals surface area contributed by atoms with Crippen LogP contribution in [0.25, 0.3) is 0 Å². The first-order valence-corrected chi connectivity index (χ1v) is 6.41. The van der Waals surface area contributed by atoms with E-state index in [0.717, 1.165) is 38.4 Å². The van der Waals surface area contributed by atoms with Crippen LogP contribution in [-0.2, 0) is 17.8 Å². The summed E-state index contributed by atoms with van der Waals surface area (Å²) in [7, 11) is 0. The van der Waals surface area contributed by atoms with Gasteiger partial charge < -0.3 is 15.1 Å². The highest BCUT2D eigenvalue weighted by atomic mass is 16.4. The van der Waals surface area contributed by atoms with Gasteiger partial charge in [-0.3, -0.25) is 9.69 Å². The first-order chi connectivity index (χ1) is 8.78. The van der Waals surface area contributed by atoms with Crippen LogP contribution >= 0.6 is 0 Å². The van der Waals surface area contributed by atoms with E-state index in [1.807, 2.05) is 6.92 Å². The van der Waals surface area contributed by atoms with Crippen molar-refractivity contribution in [3.05, 3.63) is 17.8 Å². The van der Waals surface area contributed by atoms with Gasteiger partial charge in [0.15, 0.2) is 0 Å². The maximum Gasteiger partial charge on any atom is 0.234 e. The number of aryl methyl sites for hydroxylation is 1. The van der Waals surface area contributed by atoms with Gasteiger partial charge in [-0.15, -0.1) is 0 Å². The molecule has 18 heavy (non-hydrogen) atoms. The monoisotopic (exact) mass is 252 g/mol. The van der Waals surface area contributed by atoms with Crippen LogP contribution in [0.2, 0.25) is 0 Å². The highest BCUT2D eigenvalue weighted by Crippen LogP contribution is 2.03. The van der Waals surface area contributed by atoms with E-state index in [0.29, 0.717) is 19.0 Å². The molecule has 0 spiro atoms. The third kappa shape index (κ3) is 3.82. The van der Waals surface area contributed by atoms with E-state index in [1.165, 1.54) is 0 Å². The Bertz CT molecular complexity index is 385. The number of oxazole rings is 1. The maximum absolute atomic E-state index is 11.7. The number of hydrogen-bond acceptors (Lipinski definition) is 5. The lowest BCUT2D eigenvalue weighted by Gasteiger charge is -2.26. The lowest BCUT2D eigenvalue weighted by molar-refractivity contribution is -0.122. The number of carbonyl (C=O) groups excluding carboxylic acids is 1. The van der Waals surface area contributed by atoms with Gasteiger partial charge in [0.25, 0.3) is 0 Å². The summed E-state index contributed by atoms with van der Waals surface area (Å²) >= 11 is 0. The van der Waals surface area contributed by atoms with Crippen LogP contribution in [0.1, 0.15) is 18.6 Å². The van der Waals surface area contributed by atoms with Crippen molar-refractivity contribution in [2.45, 2.75) is 19.9 Å². The van der Waals surface area contributed by atoms with E-state index in [1.54, 1.807) is 6.20 Å². The molecule has 6 nitrogen and oxygen atoms in total. The molecule has 1 amide bonds. The molecule has 0 unspecified atom stereocenters. The summed E-state index contributed by atoms with van der Waals surface area (Å²) in [6.07, 6.45) is 2.53. The summed E-state index contributed by atoms with van der Waals surface area (Å²) in [4.78, 5) is 18.0. The second-order valence-electron chi connectivity index (χ2n) is 4.38.